The molecule has 2 rings (SSSR count). The van der Waals surface area contributed by atoms with E-state index in [1.165, 1.54) is 75.3 Å². The van der Waals surface area contributed by atoms with Crippen molar-refractivity contribution in [3.05, 3.63) is 44.8 Å². The Morgan fingerprint density at radius 2 is 1.09 bits per heavy atom. The van der Waals surface area contributed by atoms with Crippen molar-refractivity contribution in [1.82, 2.24) is 0 Å². The second-order valence-electron chi connectivity index (χ2n) is 5.88. The van der Waals surface area contributed by atoms with E-state index in [1.807, 2.05) is 0 Å². The Balaban J connectivity index is 0.000000220. The van der Waals surface area contributed by atoms with Crippen LogP contribution in [0.5, 0.6) is 0 Å². The van der Waals surface area contributed by atoms with Crippen molar-refractivity contribution in [3.8, 4) is 0 Å². The smallest absolute Gasteiger partial charge is 0.00613 e. The Morgan fingerprint density at radius 3 is 1.41 bits per heavy atom. The van der Waals surface area contributed by atoms with Crippen LogP contribution in [-0.4, -0.2) is 0 Å². The first-order valence-corrected chi connectivity index (χ1v) is 10.8. The Bertz CT molecular complexity index is 372. The molecule has 2 aromatic rings. The Labute approximate surface area is 145 Å². The van der Waals surface area contributed by atoms with Crippen LogP contribution < -0.4 is 0 Å². The lowest BCUT2D eigenvalue weighted by atomic mass is 10.1. The minimum atomic E-state index is 1.28. The van der Waals surface area contributed by atoms with E-state index in [4.69, 9.17) is 0 Å². The van der Waals surface area contributed by atoms with Gasteiger partial charge in [-0.2, -0.15) is 22.7 Å². The molecule has 0 N–H and O–H groups in total. The standard InChI is InChI=1S/2C10H16S/c2*1-2-3-4-5-6-10-7-8-11-9-10/h2*7-9H,2-6H2,1H3. The molecule has 0 aliphatic heterocycles. The van der Waals surface area contributed by atoms with Gasteiger partial charge in [-0.25, -0.2) is 0 Å². The number of hydrogen-bond donors (Lipinski definition) is 0. The molecule has 0 saturated heterocycles. The SMILES string of the molecule is CCCCCCc1ccsc1.CCCCCCc1ccsc1. The third kappa shape index (κ3) is 10.2. The van der Waals surface area contributed by atoms with Gasteiger partial charge in [-0.05, 0) is 70.5 Å². The predicted molar refractivity (Wildman–Crippen MR) is 104 cm³/mol. The molecule has 22 heavy (non-hydrogen) atoms. The fraction of sp³-hybridized carbons (Fsp3) is 0.600. The maximum atomic E-state index is 2.26. The van der Waals surface area contributed by atoms with Gasteiger partial charge >= 0.3 is 0 Å². The number of rotatable bonds is 10. The van der Waals surface area contributed by atoms with Crippen molar-refractivity contribution in [2.75, 3.05) is 0 Å². The van der Waals surface area contributed by atoms with E-state index in [-0.39, 0.29) is 0 Å². The first-order chi connectivity index (χ1) is 10.9. The highest BCUT2D eigenvalue weighted by Crippen LogP contribution is 2.11. The van der Waals surface area contributed by atoms with Crippen molar-refractivity contribution in [3.63, 3.8) is 0 Å². The van der Waals surface area contributed by atoms with Gasteiger partial charge in [0.2, 0.25) is 0 Å². The summed E-state index contributed by atoms with van der Waals surface area (Å²) in [5.74, 6) is 0. The Kier molecular flexibility index (Phi) is 12.4. The number of unbranched alkanes of at least 4 members (excludes halogenated alkanes) is 6. The van der Waals surface area contributed by atoms with Gasteiger partial charge < -0.3 is 0 Å². The van der Waals surface area contributed by atoms with E-state index in [9.17, 15) is 0 Å². The predicted octanol–water partition coefficient (Wildman–Crippen LogP) is 7.74. The zero-order valence-electron chi connectivity index (χ0n) is 14.4. The molecular formula is C20H32S2. The minimum Gasteiger partial charge on any atom is -0.152 e. The summed E-state index contributed by atoms with van der Waals surface area (Å²) in [6.45, 7) is 4.51. The summed E-state index contributed by atoms with van der Waals surface area (Å²) in [7, 11) is 0. The normalized spacial score (nSPS) is 10.3. The minimum absolute atomic E-state index is 1.28. The van der Waals surface area contributed by atoms with Crippen LogP contribution in [0.15, 0.2) is 33.7 Å². The lowest BCUT2D eigenvalue weighted by molar-refractivity contribution is 0.667. The number of aryl methyl sites for hydroxylation is 2. The quantitative estimate of drug-likeness (QED) is 0.389. The molecule has 0 saturated carbocycles. The fourth-order valence-electron chi connectivity index (χ4n) is 2.38. The molecule has 2 heteroatoms. The molecule has 0 nitrogen and oxygen atoms in total. The highest BCUT2D eigenvalue weighted by molar-refractivity contribution is 7.08. The van der Waals surface area contributed by atoms with Crippen molar-refractivity contribution >= 4 is 22.7 Å². The topological polar surface area (TPSA) is 0 Å². The highest BCUT2D eigenvalue weighted by Gasteiger charge is 1.92. The van der Waals surface area contributed by atoms with E-state index in [0.717, 1.165) is 0 Å². The van der Waals surface area contributed by atoms with E-state index < -0.39 is 0 Å². The maximum Gasteiger partial charge on any atom is -0.00613 e. The van der Waals surface area contributed by atoms with E-state index >= 15 is 0 Å². The average molecular weight is 337 g/mol. The van der Waals surface area contributed by atoms with Crippen LogP contribution in [-0.2, 0) is 12.8 Å². The molecule has 0 aliphatic rings. The summed E-state index contributed by atoms with van der Waals surface area (Å²) >= 11 is 3.61. The first-order valence-electron chi connectivity index (χ1n) is 8.89. The molecule has 0 bridgehead atoms. The average Bonchev–Trinajstić information content (AvgIpc) is 3.22. The molecule has 2 heterocycles. The largest absolute Gasteiger partial charge is 0.152 e. The van der Waals surface area contributed by atoms with Gasteiger partial charge in [-0.15, -0.1) is 0 Å². The lowest BCUT2D eigenvalue weighted by Crippen LogP contribution is -1.81. The molecule has 0 unspecified atom stereocenters. The second kappa shape index (κ2) is 14.0. The van der Waals surface area contributed by atoms with E-state index in [1.54, 1.807) is 22.7 Å². The fourth-order valence-corrected chi connectivity index (χ4v) is 3.79. The molecule has 0 amide bonds. The summed E-state index contributed by atoms with van der Waals surface area (Å²) in [5.41, 5.74) is 3.04. The van der Waals surface area contributed by atoms with Crippen LogP contribution >= 0.6 is 22.7 Å². The van der Waals surface area contributed by atoms with Crippen LogP contribution in [0.4, 0.5) is 0 Å². The number of hydrogen-bond acceptors (Lipinski definition) is 2. The summed E-state index contributed by atoms with van der Waals surface area (Å²) in [6.07, 6.45) is 13.5. The second-order valence-corrected chi connectivity index (χ2v) is 7.44. The summed E-state index contributed by atoms with van der Waals surface area (Å²) < 4.78 is 0. The first kappa shape index (κ1) is 19.4. The van der Waals surface area contributed by atoms with E-state index in [2.05, 4.69) is 47.5 Å². The molecule has 124 valence electrons. The number of thiophene rings is 2. The van der Waals surface area contributed by atoms with Gasteiger partial charge in [0, 0.05) is 0 Å². The van der Waals surface area contributed by atoms with Crippen molar-refractivity contribution in [1.29, 1.82) is 0 Å². The third-order valence-electron chi connectivity index (χ3n) is 3.80. The lowest BCUT2D eigenvalue weighted by Gasteiger charge is -1.96. The summed E-state index contributed by atoms with van der Waals surface area (Å²) in [5, 5.41) is 8.84. The van der Waals surface area contributed by atoms with Gasteiger partial charge in [0.1, 0.15) is 0 Å². The summed E-state index contributed by atoms with van der Waals surface area (Å²) in [4.78, 5) is 0. The molecule has 0 fully saturated rings. The van der Waals surface area contributed by atoms with E-state index in [0.29, 0.717) is 0 Å². The van der Waals surface area contributed by atoms with Crippen molar-refractivity contribution in [2.24, 2.45) is 0 Å². The summed E-state index contributed by atoms with van der Waals surface area (Å²) in [6, 6.07) is 4.47. The van der Waals surface area contributed by atoms with Gasteiger partial charge in [-0.3, -0.25) is 0 Å². The molecule has 0 aliphatic carbocycles. The maximum absolute atomic E-state index is 2.26. The zero-order valence-corrected chi connectivity index (χ0v) is 16.0. The van der Waals surface area contributed by atoms with Crippen LogP contribution in [0.2, 0.25) is 0 Å². The van der Waals surface area contributed by atoms with Gasteiger partial charge in [0.15, 0.2) is 0 Å². The molecule has 0 spiro atoms. The Morgan fingerprint density at radius 1 is 0.636 bits per heavy atom. The molecule has 0 radical (unpaired) electrons. The highest BCUT2D eigenvalue weighted by atomic mass is 32.1. The monoisotopic (exact) mass is 336 g/mol. The van der Waals surface area contributed by atoms with Crippen LogP contribution in [0.3, 0.4) is 0 Å². The van der Waals surface area contributed by atoms with Gasteiger partial charge in [0.25, 0.3) is 0 Å². The molecule has 0 atom stereocenters. The van der Waals surface area contributed by atoms with Crippen molar-refractivity contribution in [2.45, 2.75) is 78.1 Å². The molecule has 2 aromatic heterocycles. The van der Waals surface area contributed by atoms with Crippen LogP contribution in [0.25, 0.3) is 0 Å². The zero-order chi connectivity index (χ0) is 15.9. The van der Waals surface area contributed by atoms with Gasteiger partial charge in [-0.1, -0.05) is 52.4 Å². The van der Waals surface area contributed by atoms with Gasteiger partial charge in [0.05, 0.1) is 0 Å². The van der Waals surface area contributed by atoms with Crippen LogP contribution in [0, 0.1) is 0 Å². The Hall–Kier alpha value is -0.600. The molecular weight excluding hydrogens is 304 g/mol. The van der Waals surface area contributed by atoms with Crippen LogP contribution in [0.1, 0.15) is 76.3 Å². The molecule has 0 aromatic carbocycles. The third-order valence-corrected chi connectivity index (χ3v) is 5.26. The van der Waals surface area contributed by atoms with Crippen molar-refractivity contribution < 1.29 is 0 Å².